The van der Waals surface area contributed by atoms with Gasteiger partial charge in [0.2, 0.25) is 0 Å². The van der Waals surface area contributed by atoms with Crippen molar-refractivity contribution in [2.75, 3.05) is 12.8 Å². The van der Waals surface area contributed by atoms with Crippen molar-refractivity contribution in [3.8, 4) is 5.75 Å². The Labute approximate surface area is 126 Å². The number of nitrogens with one attached hydrogen (secondary N) is 1. The normalized spacial score (nSPS) is 10.8. The molecule has 0 fully saturated rings. The molecule has 1 aromatic heterocycles. The average Bonchev–Trinajstić information content (AvgIpc) is 2.93. The molecule has 0 amide bonds. The highest BCUT2D eigenvalue weighted by Gasteiger charge is 2.19. The van der Waals surface area contributed by atoms with E-state index in [1.54, 1.807) is 31.5 Å². The van der Waals surface area contributed by atoms with E-state index in [1.807, 2.05) is 18.2 Å². The number of aromatic amines is 1. The van der Waals surface area contributed by atoms with Crippen LogP contribution in [0.4, 0.5) is 5.69 Å². The molecule has 0 bridgehead atoms. The molecular weight excluding hydrogens is 288 g/mol. The number of aromatic nitrogens is 1. The third-order valence-corrected chi connectivity index (χ3v) is 3.76. The van der Waals surface area contributed by atoms with Crippen LogP contribution in [0, 0.1) is 0 Å². The number of hydrogen-bond acceptors (Lipinski definition) is 3. The van der Waals surface area contributed by atoms with E-state index in [4.69, 9.17) is 22.1 Å². The lowest BCUT2D eigenvalue weighted by atomic mass is 10.0. The van der Waals surface area contributed by atoms with E-state index >= 15 is 0 Å². The van der Waals surface area contributed by atoms with Crippen LogP contribution in [0.1, 0.15) is 15.9 Å². The van der Waals surface area contributed by atoms with Crippen molar-refractivity contribution in [1.29, 1.82) is 0 Å². The largest absolute Gasteiger partial charge is 0.496 e. The fraction of sp³-hybridized carbons (Fsp3) is 0.0625. The number of fused-ring (bicyclic) bond motifs is 1. The zero-order chi connectivity index (χ0) is 15.0. The molecule has 5 heteroatoms. The van der Waals surface area contributed by atoms with Crippen LogP contribution in [0.2, 0.25) is 5.02 Å². The van der Waals surface area contributed by atoms with Crippen molar-refractivity contribution in [2.24, 2.45) is 0 Å². The van der Waals surface area contributed by atoms with Gasteiger partial charge in [-0.05, 0) is 24.3 Å². The second-order valence-electron chi connectivity index (χ2n) is 4.62. The first kappa shape index (κ1) is 13.5. The van der Waals surface area contributed by atoms with Gasteiger partial charge in [0.25, 0.3) is 0 Å². The second-order valence-corrected chi connectivity index (χ2v) is 5.02. The van der Waals surface area contributed by atoms with Crippen LogP contribution in [0.3, 0.4) is 0 Å². The first-order valence-electron chi connectivity index (χ1n) is 6.36. The van der Waals surface area contributed by atoms with E-state index in [0.717, 1.165) is 10.9 Å². The molecule has 3 rings (SSSR count). The lowest BCUT2D eigenvalue weighted by molar-refractivity contribution is 0.104. The molecule has 0 saturated carbocycles. The number of hydrogen-bond donors (Lipinski definition) is 2. The average molecular weight is 301 g/mol. The summed E-state index contributed by atoms with van der Waals surface area (Å²) in [6, 6.07) is 10.6. The number of rotatable bonds is 3. The van der Waals surface area contributed by atoms with Gasteiger partial charge in [0.1, 0.15) is 5.75 Å². The van der Waals surface area contributed by atoms with Gasteiger partial charge in [0.05, 0.1) is 28.8 Å². The highest BCUT2D eigenvalue weighted by molar-refractivity contribution is 6.34. The van der Waals surface area contributed by atoms with Crippen molar-refractivity contribution in [1.82, 2.24) is 4.98 Å². The summed E-state index contributed by atoms with van der Waals surface area (Å²) in [5, 5.41) is 1.11. The fourth-order valence-electron chi connectivity index (χ4n) is 2.38. The summed E-state index contributed by atoms with van der Waals surface area (Å²) in [4.78, 5) is 15.8. The Morgan fingerprint density at radius 2 is 1.95 bits per heavy atom. The maximum absolute atomic E-state index is 12.7. The minimum absolute atomic E-state index is 0.189. The molecular formula is C16H13ClN2O2. The van der Waals surface area contributed by atoms with Crippen LogP contribution >= 0.6 is 11.6 Å². The molecule has 4 nitrogen and oxygen atoms in total. The molecule has 2 aromatic carbocycles. The monoisotopic (exact) mass is 300 g/mol. The Bertz CT molecular complexity index is 839. The Hall–Kier alpha value is -2.46. The molecule has 21 heavy (non-hydrogen) atoms. The number of ether oxygens (including phenoxy) is 1. The number of para-hydroxylation sites is 1. The Balaban J connectivity index is 2.21. The SMILES string of the molecule is COc1cccc2[nH]cc(C(=O)c3cccc(Cl)c3N)c12. The summed E-state index contributed by atoms with van der Waals surface area (Å²) in [6.07, 6.45) is 1.66. The van der Waals surface area contributed by atoms with E-state index in [9.17, 15) is 4.79 Å². The smallest absolute Gasteiger partial charge is 0.197 e. The van der Waals surface area contributed by atoms with Gasteiger partial charge in [-0.1, -0.05) is 23.7 Å². The minimum Gasteiger partial charge on any atom is -0.496 e. The van der Waals surface area contributed by atoms with Gasteiger partial charge in [-0.15, -0.1) is 0 Å². The molecule has 3 aromatic rings. The lowest BCUT2D eigenvalue weighted by Crippen LogP contribution is -2.05. The molecule has 0 aliphatic rings. The fourth-order valence-corrected chi connectivity index (χ4v) is 2.56. The molecule has 0 unspecified atom stereocenters. The number of halogens is 1. The van der Waals surface area contributed by atoms with Crippen LogP contribution in [0.15, 0.2) is 42.6 Å². The molecule has 0 spiro atoms. The van der Waals surface area contributed by atoms with Gasteiger partial charge >= 0.3 is 0 Å². The van der Waals surface area contributed by atoms with Gasteiger partial charge in [0, 0.05) is 17.3 Å². The Morgan fingerprint density at radius 3 is 2.71 bits per heavy atom. The Morgan fingerprint density at radius 1 is 1.19 bits per heavy atom. The molecule has 0 aliphatic heterocycles. The predicted octanol–water partition coefficient (Wildman–Crippen LogP) is 3.64. The van der Waals surface area contributed by atoms with Crippen molar-refractivity contribution < 1.29 is 9.53 Å². The van der Waals surface area contributed by atoms with Gasteiger partial charge in [-0.25, -0.2) is 0 Å². The van der Waals surface area contributed by atoms with E-state index in [2.05, 4.69) is 4.98 Å². The number of nitrogen functional groups attached to an aromatic ring is 1. The van der Waals surface area contributed by atoms with Crippen molar-refractivity contribution in [2.45, 2.75) is 0 Å². The van der Waals surface area contributed by atoms with E-state index in [1.165, 1.54) is 0 Å². The molecule has 0 atom stereocenters. The highest BCUT2D eigenvalue weighted by Crippen LogP contribution is 2.32. The van der Waals surface area contributed by atoms with Crippen LogP contribution in [0.25, 0.3) is 10.9 Å². The summed E-state index contributed by atoms with van der Waals surface area (Å²) in [7, 11) is 1.57. The maximum atomic E-state index is 12.7. The quantitative estimate of drug-likeness (QED) is 0.573. The molecule has 106 valence electrons. The molecule has 0 saturated heterocycles. The Kier molecular flexibility index (Phi) is 3.31. The first-order chi connectivity index (χ1) is 10.1. The summed E-state index contributed by atoms with van der Waals surface area (Å²) < 4.78 is 5.34. The number of ketones is 1. The summed E-state index contributed by atoms with van der Waals surface area (Å²) in [5.41, 5.74) is 7.92. The van der Waals surface area contributed by atoms with Crippen molar-refractivity contribution in [3.63, 3.8) is 0 Å². The topological polar surface area (TPSA) is 68.1 Å². The number of carbonyl (C=O) groups excluding carboxylic acids is 1. The molecule has 1 heterocycles. The van der Waals surface area contributed by atoms with Gasteiger partial charge in [-0.3, -0.25) is 4.79 Å². The molecule has 0 aliphatic carbocycles. The number of carbonyl (C=O) groups is 1. The van der Waals surface area contributed by atoms with Crippen LogP contribution in [0.5, 0.6) is 5.75 Å². The third-order valence-electron chi connectivity index (χ3n) is 3.43. The van der Waals surface area contributed by atoms with Crippen LogP contribution < -0.4 is 10.5 Å². The standard InChI is InChI=1S/C16H13ClN2O2/c1-21-13-7-3-6-12-14(13)10(8-19-12)16(20)9-4-2-5-11(17)15(9)18/h2-8,19H,18H2,1H3. The van der Waals surface area contributed by atoms with Crippen LogP contribution in [-0.2, 0) is 0 Å². The number of nitrogens with two attached hydrogens (primary N) is 1. The lowest BCUT2D eigenvalue weighted by Gasteiger charge is -2.07. The van der Waals surface area contributed by atoms with E-state index in [-0.39, 0.29) is 11.5 Å². The van der Waals surface area contributed by atoms with E-state index < -0.39 is 0 Å². The van der Waals surface area contributed by atoms with Gasteiger partial charge in [-0.2, -0.15) is 0 Å². The van der Waals surface area contributed by atoms with Crippen LogP contribution in [-0.4, -0.2) is 17.9 Å². The number of H-pyrrole nitrogens is 1. The van der Waals surface area contributed by atoms with E-state index in [0.29, 0.717) is 21.9 Å². The minimum atomic E-state index is -0.189. The zero-order valence-corrected chi connectivity index (χ0v) is 12.1. The van der Waals surface area contributed by atoms with Crippen molar-refractivity contribution >= 4 is 34.0 Å². The number of methoxy groups -OCH3 is 1. The predicted molar refractivity (Wildman–Crippen MR) is 84.1 cm³/mol. The molecule has 0 radical (unpaired) electrons. The summed E-state index contributed by atoms with van der Waals surface area (Å²) >= 11 is 5.99. The highest BCUT2D eigenvalue weighted by atomic mass is 35.5. The van der Waals surface area contributed by atoms with Crippen molar-refractivity contribution in [3.05, 3.63) is 58.7 Å². The second kappa shape index (κ2) is 5.14. The van der Waals surface area contributed by atoms with Gasteiger partial charge < -0.3 is 15.5 Å². The number of anilines is 1. The maximum Gasteiger partial charge on any atom is 0.197 e. The third kappa shape index (κ3) is 2.14. The summed E-state index contributed by atoms with van der Waals surface area (Å²) in [6.45, 7) is 0. The number of benzene rings is 2. The van der Waals surface area contributed by atoms with Gasteiger partial charge in [0.15, 0.2) is 5.78 Å². The summed E-state index contributed by atoms with van der Waals surface area (Å²) in [5.74, 6) is 0.448. The zero-order valence-electron chi connectivity index (χ0n) is 11.3. The molecule has 3 N–H and O–H groups in total. The first-order valence-corrected chi connectivity index (χ1v) is 6.74.